The van der Waals surface area contributed by atoms with E-state index in [0.29, 0.717) is 11.3 Å². The van der Waals surface area contributed by atoms with Gasteiger partial charge in [-0.15, -0.1) is 5.10 Å². The smallest absolute Gasteiger partial charge is 0.227 e. The summed E-state index contributed by atoms with van der Waals surface area (Å²) in [6, 6.07) is 6.43. The summed E-state index contributed by atoms with van der Waals surface area (Å²) in [5.74, 6) is -0.333. The molecule has 1 aliphatic rings. The van der Waals surface area contributed by atoms with Gasteiger partial charge in [-0.3, -0.25) is 4.79 Å². The summed E-state index contributed by atoms with van der Waals surface area (Å²) < 4.78 is 15.8. The fraction of sp³-hybridized carbons (Fsp3) is 0.278. The van der Waals surface area contributed by atoms with Gasteiger partial charge in [-0.25, -0.2) is 14.1 Å². The molecule has 0 unspecified atom stereocenters. The highest BCUT2D eigenvalue weighted by atomic mass is 19.1. The molecule has 6 nitrogen and oxygen atoms in total. The Labute approximate surface area is 144 Å². The van der Waals surface area contributed by atoms with Crippen molar-refractivity contribution in [1.82, 2.24) is 14.8 Å². The third-order valence-corrected chi connectivity index (χ3v) is 4.27. The zero-order valence-corrected chi connectivity index (χ0v) is 14.0. The molecule has 0 spiro atoms. The molecule has 1 N–H and O–H groups in total. The molecule has 1 aromatic carbocycles. The van der Waals surface area contributed by atoms with Crippen LogP contribution in [0.1, 0.15) is 12.8 Å². The van der Waals surface area contributed by atoms with E-state index in [9.17, 15) is 9.18 Å². The summed E-state index contributed by atoms with van der Waals surface area (Å²) >= 11 is 0. The van der Waals surface area contributed by atoms with E-state index < -0.39 is 5.82 Å². The molecule has 3 aromatic rings. The molecular formula is C18H18FN5O. The van der Waals surface area contributed by atoms with Crippen LogP contribution in [-0.2, 0) is 4.79 Å². The molecule has 0 aliphatic heterocycles. The molecule has 1 saturated carbocycles. The number of halogens is 1. The minimum absolute atomic E-state index is 0.0134. The molecule has 128 valence electrons. The number of pyridine rings is 1. The highest BCUT2D eigenvalue weighted by Gasteiger charge is 2.29. The van der Waals surface area contributed by atoms with Gasteiger partial charge in [0.1, 0.15) is 11.5 Å². The second-order valence-electron chi connectivity index (χ2n) is 6.50. The molecule has 0 radical (unpaired) electrons. The Balaban J connectivity index is 1.70. The average Bonchev–Trinajstić information content (AvgIpc) is 3.35. The Hall–Kier alpha value is -2.96. The van der Waals surface area contributed by atoms with Crippen molar-refractivity contribution in [2.24, 2.45) is 5.92 Å². The van der Waals surface area contributed by atoms with Crippen LogP contribution >= 0.6 is 0 Å². The normalized spacial score (nSPS) is 13.9. The number of hydrogen-bond acceptors (Lipinski definition) is 4. The van der Waals surface area contributed by atoms with E-state index in [1.165, 1.54) is 10.7 Å². The second kappa shape index (κ2) is 5.84. The van der Waals surface area contributed by atoms with E-state index in [2.05, 4.69) is 15.4 Å². The molecule has 2 aromatic heterocycles. The maximum Gasteiger partial charge on any atom is 0.227 e. The van der Waals surface area contributed by atoms with E-state index in [0.717, 1.165) is 23.9 Å². The highest BCUT2D eigenvalue weighted by molar-refractivity contribution is 5.94. The molecular weight excluding hydrogens is 321 g/mol. The first-order valence-corrected chi connectivity index (χ1v) is 8.15. The molecule has 1 aliphatic carbocycles. The van der Waals surface area contributed by atoms with E-state index in [1.807, 2.05) is 25.1 Å². The van der Waals surface area contributed by atoms with Gasteiger partial charge in [-0.1, -0.05) is 0 Å². The maximum absolute atomic E-state index is 14.3. The molecule has 0 atom stereocenters. The van der Waals surface area contributed by atoms with Gasteiger partial charge >= 0.3 is 0 Å². The first kappa shape index (κ1) is 15.6. The second-order valence-corrected chi connectivity index (χ2v) is 6.50. The third-order valence-electron chi connectivity index (χ3n) is 4.27. The van der Waals surface area contributed by atoms with Gasteiger partial charge in [-0.05, 0) is 37.1 Å². The van der Waals surface area contributed by atoms with Gasteiger partial charge in [0.15, 0.2) is 5.65 Å². The lowest BCUT2D eigenvalue weighted by Crippen LogP contribution is -2.13. The summed E-state index contributed by atoms with van der Waals surface area (Å²) in [5, 5.41) is 7.99. The number of carbonyl (C=O) groups is 1. The number of amides is 1. The number of nitrogens with zero attached hydrogens (tertiary/aromatic N) is 4. The molecule has 1 amide bonds. The fourth-order valence-electron chi connectivity index (χ4n) is 2.63. The van der Waals surface area contributed by atoms with Crippen molar-refractivity contribution in [3.63, 3.8) is 0 Å². The van der Waals surface area contributed by atoms with Crippen LogP contribution in [-0.4, -0.2) is 34.8 Å². The summed E-state index contributed by atoms with van der Waals surface area (Å²) in [7, 11) is 3.86. The topological polar surface area (TPSA) is 63.1 Å². The summed E-state index contributed by atoms with van der Waals surface area (Å²) in [6.07, 6.45) is 5.30. The monoisotopic (exact) mass is 339 g/mol. The SMILES string of the molecule is CN(C)c1cnc2nn(-c3cc(NC(=O)C4CC4)ccc3F)cc2c1. The molecule has 25 heavy (non-hydrogen) atoms. The van der Waals surface area contributed by atoms with E-state index in [-0.39, 0.29) is 17.5 Å². The fourth-order valence-corrected chi connectivity index (χ4v) is 2.63. The van der Waals surface area contributed by atoms with Crippen molar-refractivity contribution in [3.8, 4) is 5.69 Å². The van der Waals surface area contributed by atoms with Crippen LogP contribution in [0.3, 0.4) is 0 Å². The zero-order chi connectivity index (χ0) is 17.6. The van der Waals surface area contributed by atoms with Gasteiger partial charge in [-0.2, -0.15) is 0 Å². The Morgan fingerprint density at radius 3 is 2.84 bits per heavy atom. The van der Waals surface area contributed by atoms with Crippen LogP contribution in [0.25, 0.3) is 16.7 Å². The number of hydrogen-bond donors (Lipinski definition) is 1. The van der Waals surface area contributed by atoms with Crippen LogP contribution in [0.15, 0.2) is 36.7 Å². The number of rotatable bonds is 4. The number of fused-ring (bicyclic) bond motifs is 1. The van der Waals surface area contributed by atoms with Crippen molar-refractivity contribution < 1.29 is 9.18 Å². The number of benzene rings is 1. The third kappa shape index (κ3) is 3.05. The van der Waals surface area contributed by atoms with Crippen LogP contribution in [0, 0.1) is 11.7 Å². The first-order chi connectivity index (χ1) is 12.0. The maximum atomic E-state index is 14.3. The predicted molar refractivity (Wildman–Crippen MR) is 94.5 cm³/mol. The molecule has 1 fully saturated rings. The van der Waals surface area contributed by atoms with Crippen LogP contribution < -0.4 is 10.2 Å². The lowest BCUT2D eigenvalue weighted by molar-refractivity contribution is -0.117. The van der Waals surface area contributed by atoms with Crippen LogP contribution in [0.5, 0.6) is 0 Å². The lowest BCUT2D eigenvalue weighted by atomic mass is 10.2. The van der Waals surface area contributed by atoms with E-state index >= 15 is 0 Å². The van der Waals surface area contributed by atoms with Crippen molar-refractivity contribution in [1.29, 1.82) is 0 Å². The number of carbonyl (C=O) groups excluding carboxylic acids is 1. The van der Waals surface area contributed by atoms with Crippen molar-refractivity contribution >= 4 is 28.3 Å². The highest BCUT2D eigenvalue weighted by Crippen LogP contribution is 2.30. The average molecular weight is 339 g/mol. The molecule has 0 bridgehead atoms. The lowest BCUT2D eigenvalue weighted by Gasteiger charge is -2.10. The Morgan fingerprint density at radius 1 is 1.32 bits per heavy atom. The van der Waals surface area contributed by atoms with E-state index in [1.54, 1.807) is 24.5 Å². The number of anilines is 2. The minimum atomic E-state index is -0.412. The minimum Gasteiger partial charge on any atom is -0.376 e. The van der Waals surface area contributed by atoms with E-state index in [4.69, 9.17) is 0 Å². The Morgan fingerprint density at radius 2 is 2.12 bits per heavy atom. The zero-order valence-electron chi connectivity index (χ0n) is 14.0. The van der Waals surface area contributed by atoms with Crippen molar-refractivity contribution in [3.05, 3.63) is 42.5 Å². The van der Waals surface area contributed by atoms with Gasteiger partial charge in [0.2, 0.25) is 5.91 Å². The summed E-state index contributed by atoms with van der Waals surface area (Å²) in [4.78, 5) is 18.2. The largest absolute Gasteiger partial charge is 0.376 e. The van der Waals surface area contributed by atoms with Crippen molar-refractivity contribution in [2.75, 3.05) is 24.3 Å². The van der Waals surface area contributed by atoms with Gasteiger partial charge < -0.3 is 10.2 Å². The predicted octanol–water partition coefficient (Wildman–Crippen LogP) is 2.97. The standard InChI is InChI=1S/C18H18FN5O/c1-23(2)14-7-12-10-24(22-17(12)20-9-14)16-8-13(5-6-15(16)19)21-18(25)11-3-4-11/h5-11H,3-4H2,1-2H3,(H,21,25). The number of aromatic nitrogens is 3. The molecule has 0 saturated heterocycles. The molecule has 7 heteroatoms. The summed E-state index contributed by atoms with van der Waals surface area (Å²) in [6.45, 7) is 0. The Bertz CT molecular complexity index is 961. The van der Waals surface area contributed by atoms with Gasteiger partial charge in [0.05, 0.1) is 11.9 Å². The molecule has 2 heterocycles. The van der Waals surface area contributed by atoms with Gasteiger partial charge in [0.25, 0.3) is 0 Å². The first-order valence-electron chi connectivity index (χ1n) is 8.15. The Kier molecular flexibility index (Phi) is 3.63. The number of nitrogens with one attached hydrogen (secondary N) is 1. The van der Waals surface area contributed by atoms with Crippen LogP contribution in [0.4, 0.5) is 15.8 Å². The van der Waals surface area contributed by atoms with Crippen LogP contribution in [0.2, 0.25) is 0 Å². The van der Waals surface area contributed by atoms with Crippen molar-refractivity contribution in [2.45, 2.75) is 12.8 Å². The quantitative estimate of drug-likeness (QED) is 0.794. The van der Waals surface area contributed by atoms with Gasteiger partial charge in [0, 0.05) is 37.3 Å². The molecule has 4 rings (SSSR count). The summed E-state index contributed by atoms with van der Waals surface area (Å²) in [5.41, 5.74) is 2.32.